The van der Waals surface area contributed by atoms with Crippen LogP contribution in [0.3, 0.4) is 0 Å². The highest BCUT2D eigenvalue weighted by atomic mass is 35.5. The Balaban J connectivity index is 1.13. The number of carbonyl (C=O) groups excluding carboxylic acids is 1. The minimum Gasteiger partial charge on any atom is -0.490 e. The highest BCUT2D eigenvalue weighted by molar-refractivity contribution is 6.37. The van der Waals surface area contributed by atoms with E-state index in [0.29, 0.717) is 30.3 Å². The molecule has 1 N–H and O–H groups in total. The molecule has 8 heteroatoms. The van der Waals surface area contributed by atoms with Crippen LogP contribution in [0.4, 0.5) is 4.39 Å². The quantitative estimate of drug-likeness (QED) is 0.244. The van der Waals surface area contributed by atoms with E-state index in [-0.39, 0.29) is 40.8 Å². The molecule has 1 aliphatic heterocycles. The first-order chi connectivity index (χ1) is 20.3. The number of ether oxygens (including phenoxy) is 2. The van der Waals surface area contributed by atoms with Crippen molar-refractivity contribution in [3.63, 3.8) is 0 Å². The SMILES string of the molecule is Cc1cccc(CN(C(=O)[C@H]2[C@@H]3CNC[C@@H]3C[C@H]2c2ccc(OCCOc3c(Cl)cc(F)cc3Cl)cc2)C2CC2)c1C. The topological polar surface area (TPSA) is 50.8 Å². The van der Waals surface area contributed by atoms with Gasteiger partial charge in [-0.05, 0) is 110 Å². The Morgan fingerprint density at radius 2 is 1.71 bits per heavy atom. The van der Waals surface area contributed by atoms with E-state index in [1.807, 2.05) is 12.1 Å². The van der Waals surface area contributed by atoms with Crippen molar-refractivity contribution in [3.05, 3.63) is 92.7 Å². The number of rotatable bonds is 10. The lowest BCUT2D eigenvalue weighted by Crippen LogP contribution is -2.41. The molecule has 4 atom stereocenters. The van der Waals surface area contributed by atoms with Gasteiger partial charge >= 0.3 is 0 Å². The van der Waals surface area contributed by atoms with Crippen molar-refractivity contribution in [3.8, 4) is 11.5 Å². The van der Waals surface area contributed by atoms with Crippen molar-refractivity contribution in [2.24, 2.45) is 17.8 Å². The van der Waals surface area contributed by atoms with Crippen LogP contribution >= 0.6 is 23.2 Å². The number of nitrogens with zero attached hydrogens (tertiary/aromatic N) is 1. The lowest BCUT2D eigenvalue weighted by Gasteiger charge is -2.32. The zero-order valence-corrected chi connectivity index (χ0v) is 25.6. The largest absolute Gasteiger partial charge is 0.490 e. The van der Waals surface area contributed by atoms with E-state index in [0.717, 1.165) is 38.1 Å². The zero-order valence-electron chi connectivity index (χ0n) is 24.0. The van der Waals surface area contributed by atoms with Gasteiger partial charge in [-0.3, -0.25) is 4.79 Å². The molecule has 1 heterocycles. The number of amides is 1. The second-order valence-electron chi connectivity index (χ2n) is 12.0. The van der Waals surface area contributed by atoms with Crippen LogP contribution in [0.5, 0.6) is 11.5 Å². The molecule has 0 unspecified atom stereocenters. The second kappa shape index (κ2) is 12.4. The van der Waals surface area contributed by atoms with E-state index >= 15 is 0 Å². The Hall–Kier alpha value is -2.80. The van der Waals surface area contributed by atoms with Crippen LogP contribution in [0.2, 0.25) is 10.0 Å². The fourth-order valence-corrected chi connectivity index (χ4v) is 7.38. The van der Waals surface area contributed by atoms with E-state index in [1.165, 1.54) is 34.4 Å². The van der Waals surface area contributed by atoms with E-state index in [1.54, 1.807) is 0 Å². The molecule has 0 radical (unpaired) electrons. The van der Waals surface area contributed by atoms with Crippen LogP contribution in [0.1, 0.15) is 47.4 Å². The number of fused-ring (bicyclic) bond motifs is 1. The molecule has 5 nitrogen and oxygen atoms in total. The summed E-state index contributed by atoms with van der Waals surface area (Å²) in [5, 5.41) is 3.80. The molecule has 3 aromatic rings. The first-order valence-electron chi connectivity index (χ1n) is 14.9. The number of halogens is 3. The fraction of sp³-hybridized carbons (Fsp3) is 0.441. The molecule has 0 spiro atoms. The maximum Gasteiger partial charge on any atom is 0.227 e. The summed E-state index contributed by atoms with van der Waals surface area (Å²) in [4.78, 5) is 16.6. The average Bonchev–Trinajstić information content (AvgIpc) is 3.59. The van der Waals surface area contributed by atoms with Crippen LogP contribution < -0.4 is 14.8 Å². The van der Waals surface area contributed by atoms with Gasteiger partial charge in [0.2, 0.25) is 5.91 Å². The normalized spacial score (nSPS) is 23.1. The van der Waals surface area contributed by atoms with E-state index < -0.39 is 5.82 Å². The monoisotopic (exact) mass is 610 g/mol. The highest BCUT2D eigenvalue weighted by Gasteiger charge is 2.51. The van der Waals surface area contributed by atoms with Crippen LogP contribution in [-0.2, 0) is 11.3 Å². The molecular formula is C34H37Cl2FN2O3. The van der Waals surface area contributed by atoms with Gasteiger partial charge in [0.25, 0.3) is 0 Å². The number of benzene rings is 3. The van der Waals surface area contributed by atoms with Gasteiger partial charge in [-0.2, -0.15) is 0 Å². The highest BCUT2D eigenvalue weighted by Crippen LogP contribution is 2.50. The van der Waals surface area contributed by atoms with Crippen LogP contribution in [0.25, 0.3) is 0 Å². The van der Waals surface area contributed by atoms with Gasteiger partial charge in [-0.15, -0.1) is 0 Å². The molecule has 42 heavy (non-hydrogen) atoms. The summed E-state index contributed by atoms with van der Waals surface area (Å²) in [5.74, 6) is 1.81. The minimum absolute atomic E-state index is 0.0268. The predicted molar refractivity (Wildman–Crippen MR) is 164 cm³/mol. The molecular weight excluding hydrogens is 574 g/mol. The molecule has 6 rings (SSSR count). The van der Waals surface area contributed by atoms with Crippen molar-refractivity contribution < 1.29 is 18.7 Å². The maximum absolute atomic E-state index is 14.4. The molecule has 1 amide bonds. The summed E-state index contributed by atoms with van der Waals surface area (Å²) in [7, 11) is 0. The third-order valence-corrected chi connectivity index (χ3v) is 9.89. The number of nitrogens with one attached hydrogen (secondary N) is 1. The lowest BCUT2D eigenvalue weighted by molar-refractivity contribution is -0.138. The molecule has 222 valence electrons. The molecule has 3 fully saturated rings. The lowest BCUT2D eigenvalue weighted by atomic mass is 9.83. The first kappa shape index (κ1) is 29.3. The summed E-state index contributed by atoms with van der Waals surface area (Å²) >= 11 is 12.1. The van der Waals surface area contributed by atoms with Crippen molar-refractivity contribution >= 4 is 29.1 Å². The van der Waals surface area contributed by atoms with Gasteiger partial charge < -0.3 is 19.7 Å². The first-order valence-corrected chi connectivity index (χ1v) is 15.6. The van der Waals surface area contributed by atoms with E-state index in [4.69, 9.17) is 32.7 Å². The molecule has 0 bridgehead atoms. The molecule has 3 aliphatic rings. The van der Waals surface area contributed by atoms with Crippen LogP contribution in [0.15, 0.2) is 54.6 Å². The maximum atomic E-state index is 14.4. The van der Waals surface area contributed by atoms with Gasteiger partial charge in [-0.1, -0.05) is 53.5 Å². The van der Waals surface area contributed by atoms with Crippen LogP contribution in [0, 0.1) is 37.4 Å². The smallest absolute Gasteiger partial charge is 0.227 e. The average molecular weight is 612 g/mol. The van der Waals surface area contributed by atoms with Crippen molar-refractivity contribution in [1.29, 1.82) is 0 Å². The third kappa shape index (κ3) is 6.13. The van der Waals surface area contributed by atoms with Gasteiger partial charge in [0.15, 0.2) is 5.75 Å². The van der Waals surface area contributed by atoms with Gasteiger partial charge in [0, 0.05) is 18.5 Å². The number of aryl methyl sites for hydroxylation is 1. The summed E-state index contributed by atoms with van der Waals surface area (Å²) in [6.07, 6.45) is 3.20. The van der Waals surface area contributed by atoms with Gasteiger partial charge in [0.1, 0.15) is 24.8 Å². The predicted octanol–water partition coefficient (Wildman–Crippen LogP) is 7.34. The summed E-state index contributed by atoms with van der Waals surface area (Å²) in [5.41, 5.74) is 5.00. The van der Waals surface area contributed by atoms with Crippen molar-refractivity contribution in [2.75, 3.05) is 26.3 Å². The molecule has 3 aromatic carbocycles. The zero-order chi connectivity index (χ0) is 29.4. The number of carbonyl (C=O) groups is 1. The Bertz CT molecular complexity index is 1420. The Labute approximate surface area is 257 Å². The Kier molecular flexibility index (Phi) is 8.67. The Morgan fingerprint density at radius 1 is 1.00 bits per heavy atom. The molecule has 1 saturated heterocycles. The summed E-state index contributed by atoms with van der Waals surface area (Å²) < 4.78 is 24.9. The Morgan fingerprint density at radius 3 is 2.43 bits per heavy atom. The summed E-state index contributed by atoms with van der Waals surface area (Å²) in [6.45, 7) is 7.36. The second-order valence-corrected chi connectivity index (χ2v) is 12.8. The number of hydrogen-bond donors (Lipinski definition) is 1. The fourth-order valence-electron chi connectivity index (χ4n) is 6.81. The molecule has 2 saturated carbocycles. The van der Waals surface area contributed by atoms with Gasteiger partial charge in [0.05, 0.1) is 10.0 Å². The van der Waals surface area contributed by atoms with E-state index in [2.05, 4.69) is 54.4 Å². The number of hydrogen-bond acceptors (Lipinski definition) is 4. The standard InChI is InChI=1S/C34H37Cl2FN2O3/c1-20-4-3-5-23(21(20)2)19-39(26-8-9-26)34(40)32-28(14-24-17-38-18-29(24)32)22-6-10-27(11-7-22)41-12-13-42-33-30(35)15-25(37)16-31(33)36/h3-7,10-11,15-16,24,26,28-29,32,38H,8-9,12-14,17-19H2,1-2H3/t24-,28-,29+,32+/m0/s1. The van der Waals surface area contributed by atoms with Crippen LogP contribution in [-0.4, -0.2) is 43.2 Å². The third-order valence-electron chi connectivity index (χ3n) is 9.33. The van der Waals surface area contributed by atoms with Crippen molar-refractivity contribution in [1.82, 2.24) is 10.2 Å². The van der Waals surface area contributed by atoms with Gasteiger partial charge in [-0.25, -0.2) is 4.39 Å². The minimum atomic E-state index is -0.513. The molecule has 2 aliphatic carbocycles. The summed E-state index contributed by atoms with van der Waals surface area (Å²) in [6, 6.07) is 17.2. The van der Waals surface area contributed by atoms with E-state index in [9.17, 15) is 9.18 Å². The molecule has 0 aromatic heterocycles. The van der Waals surface area contributed by atoms with Crippen molar-refractivity contribution in [2.45, 2.75) is 51.6 Å².